The first-order valence-electron chi connectivity index (χ1n) is 8.12. The number of halogens is 1. The van der Waals surface area contributed by atoms with Gasteiger partial charge in [0, 0.05) is 19.1 Å². The van der Waals surface area contributed by atoms with Crippen molar-refractivity contribution in [1.82, 2.24) is 5.32 Å². The minimum absolute atomic E-state index is 0. The zero-order valence-electron chi connectivity index (χ0n) is 14.3. The average Bonchev–Trinajstić information content (AvgIpc) is 2.62. The molecular formula is C19H24IN3O2. The molecule has 25 heavy (non-hydrogen) atoms. The van der Waals surface area contributed by atoms with Crippen LogP contribution in [-0.4, -0.2) is 19.7 Å². The number of benzene rings is 2. The van der Waals surface area contributed by atoms with Gasteiger partial charge in [-0.2, -0.15) is 0 Å². The summed E-state index contributed by atoms with van der Waals surface area (Å²) in [4.78, 5) is 4.49. The molecule has 0 aromatic heterocycles. The maximum atomic E-state index is 6.10. The van der Waals surface area contributed by atoms with E-state index >= 15 is 0 Å². The second kappa shape index (κ2) is 9.62. The van der Waals surface area contributed by atoms with Gasteiger partial charge in [0.25, 0.3) is 0 Å². The van der Waals surface area contributed by atoms with Crippen molar-refractivity contribution in [2.75, 3.05) is 13.7 Å². The molecule has 1 aliphatic rings. The predicted molar refractivity (Wildman–Crippen MR) is 110 cm³/mol. The Morgan fingerprint density at radius 1 is 1.20 bits per heavy atom. The Kier molecular flexibility index (Phi) is 7.52. The summed E-state index contributed by atoms with van der Waals surface area (Å²) in [5.74, 6) is 1.36. The van der Waals surface area contributed by atoms with Crippen molar-refractivity contribution in [2.24, 2.45) is 10.7 Å². The molecule has 0 aliphatic carbocycles. The van der Waals surface area contributed by atoms with Crippen LogP contribution in [0.1, 0.15) is 29.2 Å². The van der Waals surface area contributed by atoms with Gasteiger partial charge in [-0.25, -0.2) is 4.99 Å². The van der Waals surface area contributed by atoms with E-state index in [1.54, 1.807) is 7.11 Å². The zero-order valence-corrected chi connectivity index (χ0v) is 16.6. The topological polar surface area (TPSA) is 68.9 Å². The molecule has 0 radical (unpaired) electrons. The van der Waals surface area contributed by atoms with Crippen molar-refractivity contribution in [1.29, 1.82) is 0 Å². The van der Waals surface area contributed by atoms with E-state index in [-0.39, 0.29) is 30.0 Å². The minimum atomic E-state index is 0. The Balaban J connectivity index is 0.00000225. The number of para-hydroxylation sites is 1. The molecule has 3 N–H and O–H groups in total. The number of nitrogens with two attached hydrogens (primary N) is 1. The van der Waals surface area contributed by atoms with Crippen LogP contribution >= 0.6 is 24.0 Å². The number of nitrogens with zero attached hydrogens (tertiary/aromatic N) is 1. The lowest BCUT2D eigenvalue weighted by molar-refractivity contribution is 0.184. The molecule has 1 unspecified atom stereocenters. The number of fused-ring (bicyclic) bond motifs is 1. The first-order chi connectivity index (χ1) is 11.8. The summed E-state index contributed by atoms with van der Waals surface area (Å²) in [7, 11) is 1.69. The lowest BCUT2D eigenvalue weighted by Gasteiger charge is -2.27. The highest BCUT2D eigenvalue weighted by atomic mass is 127. The normalized spacial score (nSPS) is 16.4. The summed E-state index contributed by atoms with van der Waals surface area (Å²) in [6.45, 7) is 1.79. The van der Waals surface area contributed by atoms with Crippen molar-refractivity contribution in [3.8, 4) is 5.75 Å². The number of rotatable bonds is 5. The number of guanidine groups is 1. The molecule has 134 valence electrons. The summed E-state index contributed by atoms with van der Waals surface area (Å²) in [5.41, 5.74) is 9.48. The Labute approximate surface area is 165 Å². The van der Waals surface area contributed by atoms with E-state index in [0.29, 0.717) is 25.7 Å². The highest BCUT2D eigenvalue weighted by molar-refractivity contribution is 14.0. The van der Waals surface area contributed by atoms with Crippen LogP contribution in [0.3, 0.4) is 0 Å². The fourth-order valence-corrected chi connectivity index (χ4v) is 2.89. The van der Waals surface area contributed by atoms with Gasteiger partial charge in [-0.05, 0) is 17.2 Å². The van der Waals surface area contributed by atoms with E-state index in [1.807, 2.05) is 36.4 Å². The molecule has 0 spiro atoms. The van der Waals surface area contributed by atoms with Crippen LogP contribution in [0.2, 0.25) is 0 Å². The second-order valence-electron chi connectivity index (χ2n) is 5.78. The van der Waals surface area contributed by atoms with Crippen LogP contribution in [0.5, 0.6) is 5.75 Å². The molecule has 5 nitrogen and oxygen atoms in total. The van der Waals surface area contributed by atoms with Crippen LogP contribution in [0.15, 0.2) is 53.5 Å². The zero-order chi connectivity index (χ0) is 16.8. The van der Waals surface area contributed by atoms with E-state index in [2.05, 4.69) is 22.4 Å². The summed E-state index contributed by atoms with van der Waals surface area (Å²) >= 11 is 0. The molecule has 0 saturated carbocycles. The second-order valence-corrected chi connectivity index (χ2v) is 5.78. The third kappa shape index (κ3) is 5.09. The Bertz CT molecular complexity index is 721. The molecule has 2 aromatic carbocycles. The van der Waals surface area contributed by atoms with Gasteiger partial charge < -0.3 is 20.5 Å². The number of ether oxygens (including phenoxy) is 2. The van der Waals surface area contributed by atoms with E-state index in [0.717, 1.165) is 28.9 Å². The number of hydrogen-bond donors (Lipinski definition) is 2. The molecule has 0 amide bonds. The third-order valence-corrected chi connectivity index (χ3v) is 4.12. The van der Waals surface area contributed by atoms with Gasteiger partial charge in [-0.3, -0.25) is 0 Å². The van der Waals surface area contributed by atoms with Crippen molar-refractivity contribution >= 4 is 29.9 Å². The van der Waals surface area contributed by atoms with E-state index < -0.39 is 0 Å². The largest absolute Gasteiger partial charge is 0.493 e. The van der Waals surface area contributed by atoms with Crippen molar-refractivity contribution in [3.05, 3.63) is 65.2 Å². The van der Waals surface area contributed by atoms with Gasteiger partial charge in [0.05, 0.1) is 25.8 Å². The summed E-state index contributed by atoms with van der Waals surface area (Å²) < 4.78 is 10.9. The molecule has 1 heterocycles. The molecule has 0 saturated heterocycles. The number of methoxy groups -OCH3 is 1. The van der Waals surface area contributed by atoms with Crippen LogP contribution in [0.25, 0.3) is 0 Å². The van der Waals surface area contributed by atoms with E-state index in [4.69, 9.17) is 15.2 Å². The fourth-order valence-electron chi connectivity index (χ4n) is 2.89. The SMILES string of the molecule is COCc1ccccc1CN=C(N)NC1CCOc2ccccc21.I. The monoisotopic (exact) mass is 453 g/mol. The highest BCUT2D eigenvalue weighted by Gasteiger charge is 2.21. The standard InChI is InChI=1S/C19H23N3O2.HI/c1-23-13-15-7-3-2-6-14(15)12-21-19(20)22-17-10-11-24-18-9-5-4-8-16(17)18;/h2-9,17H,10-13H2,1H3,(H3,20,21,22);1H. The van der Waals surface area contributed by atoms with Gasteiger partial charge in [-0.15, -0.1) is 24.0 Å². The molecule has 1 aliphatic heterocycles. The fraction of sp³-hybridized carbons (Fsp3) is 0.316. The lowest BCUT2D eigenvalue weighted by atomic mass is 10.0. The number of aliphatic imine (C=N–C) groups is 1. The summed E-state index contributed by atoms with van der Waals surface area (Å²) in [6, 6.07) is 16.3. The molecule has 1 atom stereocenters. The van der Waals surface area contributed by atoms with Crippen LogP contribution < -0.4 is 15.8 Å². The maximum absolute atomic E-state index is 6.10. The predicted octanol–water partition coefficient (Wildman–Crippen LogP) is 3.38. The van der Waals surface area contributed by atoms with Crippen LogP contribution in [0, 0.1) is 0 Å². The molecule has 6 heteroatoms. The van der Waals surface area contributed by atoms with Crippen molar-refractivity contribution < 1.29 is 9.47 Å². The van der Waals surface area contributed by atoms with E-state index in [9.17, 15) is 0 Å². The summed E-state index contributed by atoms with van der Waals surface area (Å²) in [5, 5.41) is 3.31. The smallest absolute Gasteiger partial charge is 0.189 e. The number of nitrogens with one attached hydrogen (secondary N) is 1. The molecule has 2 aromatic rings. The lowest BCUT2D eigenvalue weighted by Crippen LogP contribution is -2.37. The quantitative estimate of drug-likeness (QED) is 0.414. The Hall–Kier alpha value is -1.80. The van der Waals surface area contributed by atoms with Gasteiger partial charge in [0.15, 0.2) is 5.96 Å². The third-order valence-electron chi connectivity index (χ3n) is 4.12. The highest BCUT2D eigenvalue weighted by Crippen LogP contribution is 2.31. The van der Waals surface area contributed by atoms with Gasteiger partial charge in [0.1, 0.15) is 5.75 Å². The van der Waals surface area contributed by atoms with Crippen molar-refractivity contribution in [2.45, 2.75) is 25.6 Å². The Morgan fingerprint density at radius 2 is 1.92 bits per heavy atom. The Morgan fingerprint density at radius 3 is 2.72 bits per heavy atom. The molecule has 0 fully saturated rings. The molecular weight excluding hydrogens is 429 g/mol. The average molecular weight is 453 g/mol. The van der Waals surface area contributed by atoms with Crippen LogP contribution in [0.4, 0.5) is 0 Å². The first-order valence-corrected chi connectivity index (χ1v) is 8.12. The van der Waals surface area contributed by atoms with Gasteiger partial charge in [0.2, 0.25) is 0 Å². The summed E-state index contributed by atoms with van der Waals surface area (Å²) in [6.07, 6.45) is 0.869. The minimum Gasteiger partial charge on any atom is -0.493 e. The molecule has 0 bridgehead atoms. The van der Waals surface area contributed by atoms with Crippen LogP contribution in [-0.2, 0) is 17.9 Å². The van der Waals surface area contributed by atoms with Gasteiger partial charge in [-0.1, -0.05) is 42.5 Å². The van der Waals surface area contributed by atoms with Gasteiger partial charge >= 0.3 is 0 Å². The number of hydrogen-bond acceptors (Lipinski definition) is 3. The first kappa shape index (κ1) is 19.5. The van der Waals surface area contributed by atoms with E-state index in [1.165, 1.54) is 0 Å². The maximum Gasteiger partial charge on any atom is 0.189 e. The molecule has 3 rings (SSSR count). The van der Waals surface area contributed by atoms with Crippen molar-refractivity contribution in [3.63, 3.8) is 0 Å².